The first-order valence-corrected chi connectivity index (χ1v) is 12.8. The van der Waals surface area contributed by atoms with E-state index in [0.717, 1.165) is 4.31 Å². The van der Waals surface area contributed by atoms with Gasteiger partial charge in [0.1, 0.15) is 11.8 Å². The van der Waals surface area contributed by atoms with Crippen LogP contribution < -0.4 is 15.1 Å². The number of nitrogens with one attached hydrogen (secondary N) is 1. The number of carbonyl (C=O) groups excluding carboxylic acids is 2. The van der Waals surface area contributed by atoms with E-state index < -0.39 is 34.4 Å². The van der Waals surface area contributed by atoms with E-state index in [-0.39, 0.29) is 27.0 Å². The van der Waals surface area contributed by atoms with Crippen LogP contribution in [0.2, 0.25) is 10.0 Å². The highest BCUT2D eigenvalue weighted by Crippen LogP contribution is 2.33. The van der Waals surface area contributed by atoms with E-state index >= 15 is 0 Å². The molecule has 1 aliphatic heterocycles. The van der Waals surface area contributed by atoms with Crippen LogP contribution >= 0.6 is 23.2 Å². The predicted molar refractivity (Wildman–Crippen MR) is 134 cm³/mol. The lowest BCUT2D eigenvalue weighted by atomic mass is 10.1. The molecule has 0 saturated carbocycles. The number of benzene rings is 3. The van der Waals surface area contributed by atoms with Crippen molar-refractivity contribution in [2.75, 3.05) is 18.6 Å². The summed E-state index contributed by atoms with van der Waals surface area (Å²) in [5.74, 6) is -1.14. The SMILES string of the molecule is COc1ccc(S(=O)(=O)N2Cc3ccccc3N(C(=O)c3cc(Cl)ccc3Cl)CC2C(=O)NO)cc1. The van der Waals surface area contributed by atoms with E-state index in [1.807, 2.05) is 0 Å². The molecular weight excluding hydrogens is 529 g/mol. The Morgan fingerprint density at radius 1 is 1.06 bits per heavy atom. The molecule has 4 rings (SSSR count). The van der Waals surface area contributed by atoms with Gasteiger partial charge in [0.2, 0.25) is 10.0 Å². The summed E-state index contributed by atoms with van der Waals surface area (Å²) in [4.78, 5) is 27.6. The van der Waals surface area contributed by atoms with Crippen LogP contribution in [-0.2, 0) is 21.4 Å². The van der Waals surface area contributed by atoms with Gasteiger partial charge in [0.15, 0.2) is 0 Å². The number of halogens is 2. The predicted octanol–water partition coefficient (Wildman–Crippen LogP) is 3.73. The van der Waals surface area contributed by atoms with Crippen LogP contribution in [0.1, 0.15) is 15.9 Å². The molecule has 188 valence electrons. The Bertz CT molecular complexity index is 1420. The molecule has 1 aliphatic rings. The van der Waals surface area contributed by atoms with Crippen molar-refractivity contribution in [3.8, 4) is 5.75 Å². The molecule has 0 aliphatic carbocycles. The molecule has 2 amide bonds. The van der Waals surface area contributed by atoms with Gasteiger partial charge in [-0.15, -0.1) is 0 Å². The summed E-state index contributed by atoms with van der Waals surface area (Å²) in [6, 6.07) is 15.3. The van der Waals surface area contributed by atoms with Gasteiger partial charge >= 0.3 is 0 Å². The smallest absolute Gasteiger partial charge is 0.263 e. The second-order valence-electron chi connectivity index (χ2n) is 7.89. The minimum absolute atomic E-state index is 0.0774. The largest absolute Gasteiger partial charge is 0.497 e. The second-order valence-corrected chi connectivity index (χ2v) is 10.6. The average molecular weight is 550 g/mol. The Kier molecular flexibility index (Phi) is 7.53. The van der Waals surface area contributed by atoms with Crippen molar-refractivity contribution in [3.63, 3.8) is 0 Å². The zero-order valence-electron chi connectivity index (χ0n) is 18.9. The number of ether oxygens (including phenoxy) is 1. The molecule has 36 heavy (non-hydrogen) atoms. The second kappa shape index (κ2) is 10.5. The number of hydrogen-bond donors (Lipinski definition) is 2. The zero-order chi connectivity index (χ0) is 26.0. The molecule has 0 fully saturated rings. The molecule has 0 bridgehead atoms. The van der Waals surface area contributed by atoms with Crippen LogP contribution in [0.25, 0.3) is 0 Å². The maximum atomic E-state index is 13.7. The molecule has 0 aromatic heterocycles. The van der Waals surface area contributed by atoms with Gasteiger partial charge in [-0.1, -0.05) is 41.4 Å². The molecule has 0 radical (unpaired) electrons. The summed E-state index contributed by atoms with van der Waals surface area (Å²) in [5.41, 5.74) is 2.47. The first-order chi connectivity index (χ1) is 17.2. The number of nitrogens with zero attached hydrogens (tertiary/aromatic N) is 2. The summed E-state index contributed by atoms with van der Waals surface area (Å²) >= 11 is 12.4. The third kappa shape index (κ3) is 4.91. The lowest BCUT2D eigenvalue weighted by molar-refractivity contribution is -0.133. The third-order valence-corrected chi connectivity index (χ3v) is 8.23. The highest BCUT2D eigenvalue weighted by molar-refractivity contribution is 7.89. The Hall–Kier alpha value is -3.15. The quantitative estimate of drug-likeness (QED) is 0.370. The number of sulfonamides is 1. The lowest BCUT2D eigenvalue weighted by Crippen LogP contribution is -2.53. The van der Waals surface area contributed by atoms with Gasteiger partial charge in [-0.3, -0.25) is 14.8 Å². The molecule has 0 saturated heterocycles. The number of para-hydroxylation sites is 1. The van der Waals surface area contributed by atoms with Gasteiger partial charge in [-0.2, -0.15) is 4.31 Å². The van der Waals surface area contributed by atoms with Crippen LogP contribution in [0.4, 0.5) is 5.69 Å². The Morgan fingerprint density at radius 3 is 2.42 bits per heavy atom. The molecule has 9 nitrogen and oxygen atoms in total. The molecule has 2 N–H and O–H groups in total. The fourth-order valence-electron chi connectivity index (χ4n) is 3.97. The van der Waals surface area contributed by atoms with E-state index in [2.05, 4.69) is 0 Å². The summed E-state index contributed by atoms with van der Waals surface area (Å²) < 4.78 is 33.5. The fourth-order valence-corrected chi connectivity index (χ4v) is 5.90. The number of rotatable bonds is 5. The minimum Gasteiger partial charge on any atom is -0.497 e. The zero-order valence-corrected chi connectivity index (χ0v) is 21.2. The van der Waals surface area contributed by atoms with Crippen molar-refractivity contribution in [3.05, 3.63) is 87.9 Å². The van der Waals surface area contributed by atoms with Gasteiger partial charge < -0.3 is 9.64 Å². The van der Waals surface area contributed by atoms with E-state index in [0.29, 0.717) is 17.0 Å². The molecule has 3 aromatic carbocycles. The van der Waals surface area contributed by atoms with Crippen LogP contribution in [0.5, 0.6) is 5.75 Å². The summed E-state index contributed by atoms with van der Waals surface area (Å²) in [6.45, 7) is -0.643. The fraction of sp³-hybridized carbons (Fsp3) is 0.167. The lowest BCUT2D eigenvalue weighted by Gasteiger charge is -2.29. The van der Waals surface area contributed by atoms with Crippen LogP contribution in [0.15, 0.2) is 71.6 Å². The molecular formula is C24H21Cl2N3O6S. The Balaban J connectivity index is 1.85. The van der Waals surface area contributed by atoms with Crippen molar-refractivity contribution in [1.29, 1.82) is 0 Å². The molecule has 1 unspecified atom stereocenters. The molecule has 0 spiro atoms. The first kappa shape index (κ1) is 25.9. The molecule has 1 heterocycles. The molecule has 3 aromatic rings. The van der Waals surface area contributed by atoms with Crippen molar-refractivity contribution in [2.24, 2.45) is 0 Å². The van der Waals surface area contributed by atoms with Gasteiger partial charge in [0, 0.05) is 17.3 Å². The van der Waals surface area contributed by atoms with Crippen LogP contribution in [-0.4, -0.2) is 49.4 Å². The summed E-state index contributed by atoms with van der Waals surface area (Å²) in [5, 5.41) is 9.87. The number of amides is 2. The molecule has 12 heteroatoms. The van der Waals surface area contributed by atoms with E-state index in [4.69, 9.17) is 27.9 Å². The minimum atomic E-state index is -4.27. The van der Waals surface area contributed by atoms with Crippen molar-refractivity contribution < 1.29 is 28.0 Å². The Morgan fingerprint density at radius 2 is 1.75 bits per heavy atom. The number of methoxy groups -OCH3 is 1. The molecule has 1 atom stereocenters. The summed E-state index contributed by atoms with van der Waals surface area (Å²) in [6.07, 6.45) is 0. The van der Waals surface area contributed by atoms with Crippen LogP contribution in [0, 0.1) is 0 Å². The first-order valence-electron chi connectivity index (χ1n) is 10.6. The monoisotopic (exact) mass is 549 g/mol. The van der Waals surface area contributed by atoms with Gasteiger partial charge in [0.25, 0.3) is 11.8 Å². The van der Waals surface area contributed by atoms with Crippen molar-refractivity contribution in [1.82, 2.24) is 9.79 Å². The number of carbonyl (C=O) groups is 2. The summed E-state index contributed by atoms with van der Waals surface area (Å²) in [7, 11) is -2.81. The number of hydroxylamine groups is 1. The van der Waals surface area contributed by atoms with E-state index in [9.17, 15) is 23.2 Å². The maximum absolute atomic E-state index is 13.7. The standard InChI is InChI=1S/C24H21Cl2N3O6S/c1-35-17-7-9-18(10-8-17)36(33,34)29-13-15-4-2-3-5-21(15)28(14-22(29)23(30)27-32)24(31)19-12-16(25)6-11-20(19)26/h2-12,22,32H,13-14H2,1H3,(H,27,30). The average Bonchev–Trinajstić information content (AvgIpc) is 3.07. The Labute approximate surface area is 217 Å². The normalized spacial score (nSPS) is 16.1. The highest BCUT2D eigenvalue weighted by Gasteiger charge is 2.41. The number of fused-ring (bicyclic) bond motifs is 1. The third-order valence-electron chi connectivity index (χ3n) is 5.79. The topological polar surface area (TPSA) is 116 Å². The van der Waals surface area contributed by atoms with Crippen molar-refractivity contribution in [2.45, 2.75) is 17.5 Å². The highest BCUT2D eigenvalue weighted by atomic mass is 35.5. The van der Waals surface area contributed by atoms with Gasteiger partial charge in [0.05, 0.1) is 29.1 Å². The number of anilines is 1. The van der Waals surface area contributed by atoms with Crippen LogP contribution in [0.3, 0.4) is 0 Å². The van der Waals surface area contributed by atoms with Crippen molar-refractivity contribution >= 4 is 50.7 Å². The van der Waals surface area contributed by atoms with Gasteiger partial charge in [-0.25, -0.2) is 13.9 Å². The number of hydrogen-bond acceptors (Lipinski definition) is 6. The van der Waals surface area contributed by atoms with E-state index in [1.54, 1.807) is 24.3 Å². The maximum Gasteiger partial charge on any atom is 0.263 e. The van der Waals surface area contributed by atoms with Gasteiger partial charge in [-0.05, 0) is 54.1 Å². The van der Waals surface area contributed by atoms with E-state index in [1.165, 1.54) is 60.0 Å².